The van der Waals surface area contributed by atoms with E-state index in [1.54, 1.807) is 11.3 Å². The van der Waals surface area contributed by atoms with Gasteiger partial charge in [0.2, 0.25) is 0 Å². The first kappa shape index (κ1) is 13.9. The van der Waals surface area contributed by atoms with Gasteiger partial charge < -0.3 is 5.73 Å². The smallest absolute Gasteiger partial charge is 0.0945 e. The number of nitrogens with two attached hydrogens (primary N) is 1. The standard InChI is InChI=1S/C13H15ClN2S2/c1-2-17-12-4-3-9(14)7-10(12)11-8-18-13(16-11)5-6-15/h3-4,7-8H,2,5-6,15H2,1H3. The maximum Gasteiger partial charge on any atom is 0.0945 e. The Morgan fingerprint density at radius 1 is 1.44 bits per heavy atom. The zero-order chi connectivity index (χ0) is 13.0. The first-order valence-electron chi connectivity index (χ1n) is 5.81. The number of aromatic nitrogens is 1. The Balaban J connectivity index is 2.37. The normalized spacial score (nSPS) is 10.8. The fraction of sp³-hybridized carbons (Fsp3) is 0.308. The summed E-state index contributed by atoms with van der Waals surface area (Å²) in [6.07, 6.45) is 0.835. The van der Waals surface area contributed by atoms with Crippen LogP contribution in [0.3, 0.4) is 0 Å². The monoisotopic (exact) mass is 298 g/mol. The second-order valence-corrected chi connectivity index (χ2v) is 6.42. The molecule has 0 saturated carbocycles. The molecule has 2 nitrogen and oxygen atoms in total. The van der Waals surface area contributed by atoms with Gasteiger partial charge in [0.15, 0.2) is 0 Å². The van der Waals surface area contributed by atoms with Gasteiger partial charge in [-0.3, -0.25) is 0 Å². The second-order valence-electron chi connectivity index (χ2n) is 3.74. The molecule has 2 aromatic rings. The van der Waals surface area contributed by atoms with Crippen molar-refractivity contribution in [2.75, 3.05) is 12.3 Å². The van der Waals surface area contributed by atoms with Crippen molar-refractivity contribution in [3.05, 3.63) is 33.6 Å². The fourth-order valence-corrected chi connectivity index (χ4v) is 3.44. The van der Waals surface area contributed by atoms with Crippen LogP contribution in [-0.4, -0.2) is 17.3 Å². The van der Waals surface area contributed by atoms with Gasteiger partial charge in [-0.15, -0.1) is 23.1 Å². The number of hydrogen-bond acceptors (Lipinski definition) is 4. The number of benzene rings is 1. The van der Waals surface area contributed by atoms with E-state index >= 15 is 0 Å². The maximum atomic E-state index is 6.08. The van der Waals surface area contributed by atoms with E-state index in [1.165, 1.54) is 4.90 Å². The third-order valence-electron chi connectivity index (χ3n) is 2.43. The van der Waals surface area contributed by atoms with Gasteiger partial charge in [-0.05, 0) is 30.5 Å². The molecule has 0 atom stereocenters. The summed E-state index contributed by atoms with van der Waals surface area (Å²) in [4.78, 5) is 5.85. The van der Waals surface area contributed by atoms with Crippen molar-refractivity contribution in [2.24, 2.45) is 5.73 Å². The summed E-state index contributed by atoms with van der Waals surface area (Å²) in [5, 5.41) is 3.91. The molecule has 0 aliphatic rings. The van der Waals surface area contributed by atoms with Gasteiger partial charge in [0.25, 0.3) is 0 Å². The lowest BCUT2D eigenvalue weighted by molar-refractivity contribution is 0.954. The van der Waals surface area contributed by atoms with E-state index in [4.69, 9.17) is 17.3 Å². The molecule has 0 bridgehead atoms. The molecule has 2 N–H and O–H groups in total. The summed E-state index contributed by atoms with van der Waals surface area (Å²) in [6.45, 7) is 2.78. The molecule has 1 aromatic heterocycles. The lowest BCUT2D eigenvalue weighted by Gasteiger charge is -2.06. The Morgan fingerprint density at radius 2 is 2.28 bits per heavy atom. The Morgan fingerprint density at radius 3 is 3.00 bits per heavy atom. The molecule has 2 rings (SSSR count). The van der Waals surface area contributed by atoms with Gasteiger partial charge in [-0.1, -0.05) is 18.5 Å². The van der Waals surface area contributed by atoms with E-state index in [0.29, 0.717) is 6.54 Å². The van der Waals surface area contributed by atoms with E-state index < -0.39 is 0 Å². The van der Waals surface area contributed by atoms with Crippen LogP contribution in [0.15, 0.2) is 28.5 Å². The average Bonchev–Trinajstić information content (AvgIpc) is 2.81. The molecule has 0 saturated heterocycles. The van der Waals surface area contributed by atoms with Gasteiger partial charge >= 0.3 is 0 Å². The average molecular weight is 299 g/mol. The highest BCUT2D eigenvalue weighted by Gasteiger charge is 2.10. The maximum absolute atomic E-state index is 6.08. The van der Waals surface area contributed by atoms with Crippen molar-refractivity contribution in [3.8, 4) is 11.3 Å². The molecule has 0 aliphatic heterocycles. The van der Waals surface area contributed by atoms with Gasteiger partial charge in [0, 0.05) is 27.3 Å². The highest BCUT2D eigenvalue weighted by atomic mass is 35.5. The quantitative estimate of drug-likeness (QED) is 0.846. The zero-order valence-electron chi connectivity index (χ0n) is 10.1. The molecule has 0 spiro atoms. The second kappa shape index (κ2) is 6.57. The molecule has 0 aliphatic carbocycles. The topological polar surface area (TPSA) is 38.9 Å². The Bertz CT molecular complexity index is 525. The van der Waals surface area contributed by atoms with Crippen LogP contribution in [-0.2, 0) is 6.42 Å². The van der Waals surface area contributed by atoms with E-state index in [0.717, 1.165) is 33.5 Å². The number of thioether (sulfide) groups is 1. The van der Waals surface area contributed by atoms with Gasteiger partial charge in [0.05, 0.1) is 10.7 Å². The zero-order valence-corrected chi connectivity index (χ0v) is 12.5. The highest BCUT2D eigenvalue weighted by Crippen LogP contribution is 2.34. The van der Waals surface area contributed by atoms with E-state index in [2.05, 4.69) is 23.4 Å². The molecule has 1 aromatic carbocycles. The molecular formula is C13H15ClN2S2. The number of hydrogen-bond donors (Lipinski definition) is 1. The van der Waals surface area contributed by atoms with Crippen LogP contribution in [0.4, 0.5) is 0 Å². The summed E-state index contributed by atoms with van der Waals surface area (Å²) in [5.41, 5.74) is 7.67. The SMILES string of the molecule is CCSc1ccc(Cl)cc1-c1csc(CCN)n1. The lowest BCUT2D eigenvalue weighted by atomic mass is 10.2. The van der Waals surface area contributed by atoms with Crippen LogP contribution >= 0.6 is 34.7 Å². The summed E-state index contributed by atoms with van der Waals surface area (Å²) in [7, 11) is 0. The number of nitrogens with zero attached hydrogens (tertiary/aromatic N) is 1. The Hall–Kier alpha value is -0.550. The third kappa shape index (κ3) is 3.26. The van der Waals surface area contributed by atoms with Crippen molar-refractivity contribution in [1.29, 1.82) is 0 Å². The Kier molecular flexibility index (Phi) is 5.06. The third-order valence-corrected chi connectivity index (χ3v) is 4.53. The number of thiazole rings is 1. The van der Waals surface area contributed by atoms with Gasteiger partial charge in [-0.25, -0.2) is 4.98 Å². The van der Waals surface area contributed by atoms with Gasteiger partial charge in [-0.2, -0.15) is 0 Å². The summed E-state index contributed by atoms with van der Waals surface area (Å²) in [6, 6.07) is 5.98. The minimum atomic E-state index is 0.638. The van der Waals surface area contributed by atoms with Gasteiger partial charge in [0.1, 0.15) is 0 Å². The molecule has 1 heterocycles. The van der Waals surface area contributed by atoms with Crippen LogP contribution in [0.5, 0.6) is 0 Å². The van der Waals surface area contributed by atoms with E-state index in [-0.39, 0.29) is 0 Å². The minimum Gasteiger partial charge on any atom is -0.330 e. The molecule has 0 radical (unpaired) electrons. The number of rotatable bonds is 5. The first-order valence-corrected chi connectivity index (χ1v) is 8.06. The molecule has 0 fully saturated rings. The van der Waals surface area contributed by atoms with Crippen molar-refractivity contribution < 1.29 is 0 Å². The van der Waals surface area contributed by atoms with Crippen LogP contribution in [0.1, 0.15) is 11.9 Å². The van der Waals surface area contributed by atoms with Crippen LogP contribution in [0.2, 0.25) is 5.02 Å². The fourth-order valence-electron chi connectivity index (χ4n) is 1.66. The molecule has 5 heteroatoms. The lowest BCUT2D eigenvalue weighted by Crippen LogP contribution is -2.02. The van der Waals surface area contributed by atoms with Crippen molar-refractivity contribution >= 4 is 34.7 Å². The summed E-state index contributed by atoms with van der Waals surface area (Å²) in [5.74, 6) is 1.04. The number of halogens is 1. The molecule has 0 amide bonds. The van der Waals surface area contributed by atoms with E-state index in [1.807, 2.05) is 23.9 Å². The predicted octanol–water partition coefficient (Wildman–Crippen LogP) is 4.08. The van der Waals surface area contributed by atoms with Crippen molar-refractivity contribution in [3.63, 3.8) is 0 Å². The first-order chi connectivity index (χ1) is 8.74. The van der Waals surface area contributed by atoms with Crippen molar-refractivity contribution in [1.82, 2.24) is 4.98 Å². The molecule has 18 heavy (non-hydrogen) atoms. The molecule has 0 unspecified atom stereocenters. The molecular weight excluding hydrogens is 284 g/mol. The van der Waals surface area contributed by atoms with E-state index in [9.17, 15) is 0 Å². The summed E-state index contributed by atoms with van der Waals surface area (Å²) < 4.78 is 0. The van der Waals surface area contributed by atoms with Crippen LogP contribution in [0.25, 0.3) is 11.3 Å². The Labute approximate surface area is 121 Å². The van der Waals surface area contributed by atoms with Crippen molar-refractivity contribution in [2.45, 2.75) is 18.2 Å². The van der Waals surface area contributed by atoms with Crippen LogP contribution in [0, 0.1) is 0 Å². The minimum absolute atomic E-state index is 0.638. The summed E-state index contributed by atoms with van der Waals surface area (Å²) >= 11 is 9.55. The largest absolute Gasteiger partial charge is 0.330 e. The molecule has 96 valence electrons. The predicted molar refractivity (Wildman–Crippen MR) is 81.7 cm³/mol. The highest BCUT2D eigenvalue weighted by molar-refractivity contribution is 7.99. The van der Waals surface area contributed by atoms with Crippen LogP contribution < -0.4 is 5.73 Å².